The molecule has 0 spiro atoms. The molecule has 130 valence electrons. The van der Waals surface area contributed by atoms with Crippen LogP contribution in [-0.4, -0.2) is 15.5 Å². The van der Waals surface area contributed by atoms with Gasteiger partial charge in [-0.2, -0.15) is 5.26 Å². The molecule has 1 fully saturated rings. The van der Waals surface area contributed by atoms with Gasteiger partial charge < -0.3 is 0 Å². The van der Waals surface area contributed by atoms with Gasteiger partial charge in [-0.15, -0.1) is 0 Å². The number of hydrogen-bond donors (Lipinski definition) is 1. The largest absolute Gasteiger partial charge is 0.295 e. The zero-order chi connectivity index (χ0) is 18.5. The monoisotopic (exact) mass is 348 g/mol. The number of imidazole rings is 1. The zero-order valence-electron chi connectivity index (χ0n) is 14.5. The van der Waals surface area contributed by atoms with Crippen molar-refractivity contribution in [2.45, 2.75) is 20.3 Å². The van der Waals surface area contributed by atoms with E-state index < -0.39 is 0 Å². The topological polar surface area (TPSA) is 70.7 Å². The van der Waals surface area contributed by atoms with Crippen molar-refractivity contribution in [1.29, 1.82) is 5.26 Å². The number of rotatable bonds is 3. The molecular formula is C20H17FN4O. The first-order chi connectivity index (χ1) is 12.4. The summed E-state index contributed by atoms with van der Waals surface area (Å²) in [4.78, 5) is 17.1. The lowest BCUT2D eigenvalue weighted by atomic mass is 10.1. The maximum Gasteiger partial charge on any atom is 0.230 e. The van der Waals surface area contributed by atoms with Crippen LogP contribution in [0.1, 0.15) is 25.8 Å². The second-order valence-electron chi connectivity index (χ2n) is 7.30. The van der Waals surface area contributed by atoms with Gasteiger partial charge in [-0.25, -0.2) is 9.37 Å². The summed E-state index contributed by atoms with van der Waals surface area (Å²) in [7, 11) is 0. The van der Waals surface area contributed by atoms with Gasteiger partial charge in [-0.3, -0.25) is 14.7 Å². The molecule has 3 aromatic rings. The molecule has 1 N–H and O–H groups in total. The standard InChI is InChI=1S/C20H17FN4O/c1-20(2)10-15(20)18(26)24-19-23-16-8-3-12(11-22)9-17(16)25(19)14-6-4-13(21)5-7-14/h3-9,15H,10H2,1-2H3,(H,23,24,26). The second kappa shape index (κ2) is 5.67. The molecule has 1 aliphatic carbocycles. The van der Waals surface area contributed by atoms with Gasteiger partial charge in [0.2, 0.25) is 11.9 Å². The van der Waals surface area contributed by atoms with Crippen LogP contribution in [0, 0.1) is 28.5 Å². The Morgan fingerprint density at radius 1 is 1.31 bits per heavy atom. The number of nitrogens with zero attached hydrogens (tertiary/aromatic N) is 3. The van der Waals surface area contributed by atoms with Gasteiger partial charge in [0.25, 0.3) is 0 Å². The van der Waals surface area contributed by atoms with Crippen LogP contribution >= 0.6 is 0 Å². The lowest BCUT2D eigenvalue weighted by Crippen LogP contribution is -2.19. The normalized spacial score (nSPS) is 17.7. The molecule has 4 rings (SSSR count). The Kier molecular flexibility index (Phi) is 3.55. The van der Waals surface area contributed by atoms with Gasteiger partial charge in [0, 0.05) is 11.6 Å². The highest BCUT2D eigenvalue weighted by Crippen LogP contribution is 2.52. The van der Waals surface area contributed by atoms with E-state index in [1.165, 1.54) is 12.1 Å². The molecule has 6 heteroatoms. The van der Waals surface area contributed by atoms with Crippen LogP contribution in [0.5, 0.6) is 0 Å². The highest BCUT2D eigenvalue weighted by Gasteiger charge is 2.50. The Bertz CT molecular complexity index is 1060. The lowest BCUT2D eigenvalue weighted by Gasteiger charge is -2.11. The Morgan fingerprint density at radius 3 is 2.62 bits per heavy atom. The van der Waals surface area contributed by atoms with Gasteiger partial charge in [0.05, 0.1) is 22.7 Å². The predicted molar refractivity (Wildman–Crippen MR) is 96.3 cm³/mol. The lowest BCUT2D eigenvalue weighted by molar-refractivity contribution is -0.118. The summed E-state index contributed by atoms with van der Waals surface area (Å²) >= 11 is 0. The molecule has 1 aliphatic rings. The van der Waals surface area contributed by atoms with Crippen LogP contribution in [0.2, 0.25) is 0 Å². The Hall–Kier alpha value is -3.20. The number of anilines is 1. The molecule has 1 aromatic heterocycles. The maximum absolute atomic E-state index is 13.3. The minimum absolute atomic E-state index is 0.00474. The second-order valence-corrected chi connectivity index (χ2v) is 7.30. The highest BCUT2D eigenvalue weighted by molar-refractivity contribution is 5.96. The summed E-state index contributed by atoms with van der Waals surface area (Å²) in [5.41, 5.74) is 2.49. The van der Waals surface area contributed by atoms with E-state index in [4.69, 9.17) is 0 Å². The number of halogens is 1. The van der Waals surface area contributed by atoms with Gasteiger partial charge >= 0.3 is 0 Å². The van der Waals surface area contributed by atoms with Crippen LogP contribution in [0.3, 0.4) is 0 Å². The molecule has 26 heavy (non-hydrogen) atoms. The zero-order valence-corrected chi connectivity index (χ0v) is 14.5. The molecule has 1 amide bonds. The Morgan fingerprint density at radius 2 is 2.00 bits per heavy atom. The minimum Gasteiger partial charge on any atom is -0.295 e. The number of amides is 1. The van der Waals surface area contributed by atoms with Crippen LogP contribution in [0.4, 0.5) is 10.3 Å². The molecule has 1 unspecified atom stereocenters. The first kappa shape index (κ1) is 16.3. The van der Waals surface area contributed by atoms with Crippen LogP contribution in [0.15, 0.2) is 42.5 Å². The van der Waals surface area contributed by atoms with E-state index in [9.17, 15) is 14.4 Å². The van der Waals surface area contributed by atoms with Crippen molar-refractivity contribution < 1.29 is 9.18 Å². The smallest absolute Gasteiger partial charge is 0.230 e. The summed E-state index contributed by atoms with van der Waals surface area (Å²) in [6.07, 6.45) is 0.841. The van der Waals surface area contributed by atoms with Crippen LogP contribution in [-0.2, 0) is 4.79 Å². The van der Waals surface area contributed by atoms with Crippen molar-refractivity contribution in [2.24, 2.45) is 11.3 Å². The number of benzene rings is 2. The molecular weight excluding hydrogens is 331 g/mol. The molecule has 0 bridgehead atoms. The summed E-state index contributed by atoms with van der Waals surface area (Å²) in [5, 5.41) is 12.1. The van der Waals surface area contributed by atoms with E-state index in [2.05, 4.69) is 30.2 Å². The van der Waals surface area contributed by atoms with Gasteiger partial charge in [-0.05, 0) is 54.3 Å². The number of fused-ring (bicyclic) bond motifs is 1. The first-order valence-corrected chi connectivity index (χ1v) is 8.38. The number of carbonyl (C=O) groups is 1. The van der Waals surface area contributed by atoms with E-state index in [1.54, 1.807) is 34.9 Å². The maximum atomic E-state index is 13.3. The molecule has 0 radical (unpaired) electrons. The summed E-state index contributed by atoms with van der Waals surface area (Å²) in [6.45, 7) is 4.11. The SMILES string of the molecule is CC1(C)CC1C(=O)Nc1nc2ccc(C#N)cc2n1-c1ccc(F)cc1. The fourth-order valence-electron chi connectivity index (χ4n) is 3.19. The third-order valence-electron chi connectivity index (χ3n) is 4.93. The quantitative estimate of drug-likeness (QED) is 0.777. The predicted octanol–water partition coefficient (Wildman–Crippen LogP) is 4.02. The Balaban J connectivity index is 1.83. The van der Waals surface area contributed by atoms with Gasteiger partial charge in [0.15, 0.2) is 0 Å². The summed E-state index contributed by atoms with van der Waals surface area (Å²) in [6, 6.07) is 13.2. The van der Waals surface area contributed by atoms with E-state index in [0.29, 0.717) is 28.2 Å². The average molecular weight is 348 g/mol. The van der Waals surface area contributed by atoms with Crippen molar-refractivity contribution in [3.63, 3.8) is 0 Å². The van der Waals surface area contributed by atoms with E-state index in [0.717, 1.165) is 6.42 Å². The molecule has 0 aliphatic heterocycles. The number of hydrogen-bond acceptors (Lipinski definition) is 3. The van der Waals surface area contributed by atoms with Gasteiger partial charge in [0.1, 0.15) is 5.82 Å². The molecule has 0 saturated heterocycles. The number of carbonyl (C=O) groups excluding carboxylic acids is 1. The fourth-order valence-corrected chi connectivity index (χ4v) is 3.19. The van der Waals surface area contributed by atoms with Crippen molar-refractivity contribution in [1.82, 2.24) is 9.55 Å². The van der Waals surface area contributed by atoms with E-state index >= 15 is 0 Å². The third-order valence-corrected chi connectivity index (χ3v) is 4.93. The minimum atomic E-state index is -0.346. The van der Waals surface area contributed by atoms with E-state index in [-0.39, 0.29) is 23.1 Å². The average Bonchev–Trinajstić information content (AvgIpc) is 3.11. The number of aromatic nitrogens is 2. The van der Waals surface area contributed by atoms with Gasteiger partial charge in [-0.1, -0.05) is 13.8 Å². The van der Waals surface area contributed by atoms with Crippen molar-refractivity contribution >= 4 is 22.9 Å². The van der Waals surface area contributed by atoms with Crippen molar-refractivity contribution in [2.75, 3.05) is 5.32 Å². The summed E-state index contributed by atoms with van der Waals surface area (Å²) in [5.74, 6) is -0.0941. The van der Waals surface area contributed by atoms with Crippen LogP contribution in [0.25, 0.3) is 16.7 Å². The first-order valence-electron chi connectivity index (χ1n) is 8.38. The van der Waals surface area contributed by atoms with E-state index in [1.807, 2.05) is 0 Å². The molecule has 1 saturated carbocycles. The van der Waals surface area contributed by atoms with Crippen LogP contribution < -0.4 is 5.32 Å². The molecule has 1 atom stereocenters. The van der Waals surface area contributed by atoms with Crippen molar-refractivity contribution in [3.8, 4) is 11.8 Å². The molecule has 1 heterocycles. The molecule has 5 nitrogen and oxygen atoms in total. The fraction of sp³-hybridized carbons (Fsp3) is 0.250. The highest BCUT2D eigenvalue weighted by atomic mass is 19.1. The Labute approximate surface area is 150 Å². The molecule has 2 aromatic carbocycles. The number of nitrogens with one attached hydrogen (secondary N) is 1. The number of nitriles is 1. The third kappa shape index (κ3) is 2.72. The van der Waals surface area contributed by atoms with Crippen molar-refractivity contribution in [3.05, 3.63) is 53.8 Å². The summed E-state index contributed by atoms with van der Waals surface area (Å²) < 4.78 is 15.1.